The first-order chi connectivity index (χ1) is 10.3. The summed E-state index contributed by atoms with van der Waals surface area (Å²) in [6.45, 7) is 3.82. The van der Waals surface area contributed by atoms with Gasteiger partial charge in [-0.05, 0) is 12.1 Å². The third kappa shape index (κ3) is 2.89. The van der Waals surface area contributed by atoms with Gasteiger partial charge in [0, 0.05) is 26.0 Å². The highest BCUT2D eigenvalue weighted by atomic mass is 32.1. The Labute approximate surface area is 128 Å². The summed E-state index contributed by atoms with van der Waals surface area (Å²) in [5.41, 5.74) is 2.30. The van der Waals surface area contributed by atoms with E-state index in [-0.39, 0.29) is 0 Å². The van der Waals surface area contributed by atoms with Crippen molar-refractivity contribution in [2.24, 2.45) is 7.05 Å². The van der Waals surface area contributed by atoms with E-state index in [4.69, 9.17) is 4.98 Å². The van der Waals surface area contributed by atoms with Gasteiger partial charge in [-0.1, -0.05) is 37.3 Å². The Kier molecular flexibility index (Phi) is 4.13. The van der Waals surface area contributed by atoms with Gasteiger partial charge in [-0.15, -0.1) is 11.3 Å². The number of imidazole rings is 1. The standard InChI is InChI=1S/C16H18N4S/c1-3-17-11-13-14(12-7-5-4-6-8-12)21-16(19-13)15-18-9-10-20(15)2/h4-10,17H,3,11H2,1-2H3. The number of nitrogens with zero attached hydrogens (tertiary/aromatic N) is 3. The van der Waals surface area contributed by atoms with Gasteiger partial charge >= 0.3 is 0 Å². The van der Waals surface area contributed by atoms with Gasteiger partial charge < -0.3 is 9.88 Å². The monoisotopic (exact) mass is 298 g/mol. The van der Waals surface area contributed by atoms with Crippen LogP contribution in [0.5, 0.6) is 0 Å². The molecule has 0 aliphatic heterocycles. The van der Waals surface area contributed by atoms with Gasteiger partial charge in [-0.25, -0.2) is 9.97 Å². The highest BCUT2D eigenvalue weighted by Gasteiger charge is 2.16. The highest BCUT2D eigenvalue weighted by Crippen LogP contribution is 2.34. The van der Waals surface area contributed by atoms with E-state index in [0.717, 1.165) is 29.6 Å². The average Bonchev–Trinajstić information content (AvgIpc) is 3.12. The van der Waals surface area contributed by atoms with Crippen molar-refractivity contribution in [1.82, 2.24) is 19.9 Å². The van der Waals surface area contributed by atoms with Gasteiger partial charge in [0.15, 0.2) is 10.8 Å². The van der Waals surface area contributed by atoms with Crippen LogP contribution in [0.4, 0.5) is 0 Å². The Bertz CT molecular complexity index is 715. The van der Waals surface area contributed by atoms with Gasteiger partial charge in [0.2, 0.25) is 0 Å². The molecule has 0 bridgehead atoms. The van der Waals surface area contributed by atoms with E-state index >= 15 is 0 Å². The maximum absolute atomic E-state index is 4.80. The molecule has 0 aliphatic rings. The maximum atomic E-state index is 4.80. The molecule has 0 fully saturated rings. The van der Waals surface area contributed by atoms with E-state index in [1.165, 1.54) is 10.4 Å². The van der Waals surface area contributed by atoms with Crippen LogP contribution in [0.3, 0.4) is 0 Å². The van der Waals surface area contributed by atoms with Crippen molar-refractivity contribution in [1.29, 1.82) is 0 Å². The van der Waals surface area contributed by atoms with Gasteiger partial charge in [0.25, 0.3) is 0 Å². The highest BCUT2D eigenvalue weighted by molar-refractivity contribution is 7.18. The smallest absolute Gasteiger partial charge is 0.168 e. The molecule has 0 spiro atoms. The molecule has 0 atom stereocenters. The molecule has 21 heavy (non-hydrogen) atoms. The maximum Gasteiger partial charge on any atom is 0.168 e. The fourth-order valence-electron chi connectivity index (χ4n) is 2.20. The quantitative estimate of drug-likeness (QED) is 0.786. The third-order valence-corrected chi connectivity index (χ3v) is 4.43. The molecule has 1 N–H and O–H groups in total. The summed E-state index contributed by atoms with van der Waals surface area (Å²) < 4.78 is 2.00. The summed E-state index contributed by atoms with van der Waals surface area (Å²) in [7, 11) is 2.00. The molecule has 108 valence electrons. The number of aryl methyl sites for hydroxylation is 1. The second-order valence-corrected chi connectivity index (χ2v) is 5.80. The SMILES string of the molecule is CCNCc1nc(-c2nccn2C)sc1-c1ccccc1. The molecule has 0 aliphatic carbocycles. The van der Waals surface area contributed by atoms with Crippen molar-refractivity contribution in [3.63, 3.8) is 0 Å². The van der Waals surface area contributed by atoms with Crippen molar-refractivity contribution < 1.29 is 0 Å². The predicted octanol–water partition coefficient (Wildman–Crippen LogP) is 3.32. The Morgan fingerprint density at radius 3 is 2.71 bits per heavy atom. The summed E-state index contributed by atoms with van der Waals surface area (Å²) in [4.78, 5) is 10.4. The zero-order valence-corrected chi connectivity index (χ0v) is 13.0. The molecule has 0 amide bonds. The van der Waals surface area contributed by atoms with E-state index in [1.807, 2.05) is 30.1 Å². The van der Waals surface area contributed by atoms with Crippen molar-refractivity contribution in [3.05, 3.63) is 48.4 Å². The molecular weight excluding hydrogens is 280 g/mol. The summed E-state index contributed by atoms with van der Waals surface area (Å²) in [6, 6.07) is 10.4. The largest absolute Gasteiger partial charge is 0.332 e. The molecule has 2 aromatic heterocycles. The minimum absolute atomic E-state index is 0.779. The Hall–Kier alpha value is -1.98. The lowest BCUT2D eigenvalue weighted by Gasteiger charge is -2.02. The van der Waals surface area contributed by atoms with Crippen LogP contribution in [0.2, 0.25) is 0 Å². The molecule has 4 nitrogen and oxygen atoms in total. The van der Waals surface area contributed by atoms with Crippen molar-refractivity contribution in [2.75, 3.05) is 6.54 Å². The van der Waals surface area contributed by atoms with Crippen LogP contribution in [-0.2, 0) is 13.6 Å². The van der Waals surface area contributed by atoms with Crippen molar-refractivity contribution in [3.8, 4) is 21.3 Å². The lowest BCUT2D eigenvalue weighted by atomic mass is 10.1. The topological polar surface area (TPSA) is 42.7 Å². The van der Waals surface area contributed by atoms with Crippen LogP contribution in [-0.4, -0.2) is 21.1 Å². The first-order valence-corrected chi connectivity index (χ1v) is 7.84. The molecule has 3 rings (SSSR count). The number of thiazole rings is 1. The van der Waals surface area contributed by atoms with E-state index in [9.17, 15) is 0 Å². The summed E-state index contributed by atoms with van der Waals surface area (Å²) in [5.74, 6) is 0.917. The van der Waals surface area contributed by atoms with E-state index in [0.29, 0.717) is 0 Å². The van der Waals surface area contributed by atoms with Crippen LogP contribution in [0.25, 0.3) is 21.3 Å². The Morgan fingerprint density at radius 2 is 2.05 bits per heavy atom. The van der Waals surface area contributed by atoms with Gasteiger partial charge in [-0.3, -0.25) is 0 Å². The zero-order chi connectivity index (χ0) is 14.7. The molecule has 0 saturated carbocycles. The summed E-state index contributed by atoms with van der Waals surface area (Å²) in [5, 5.41) is 4.33. The minimum Gasteiger partial charge on any atom is -0.332 e. The normalized spacial score (nSPS) is 11.0. The van der Waals surface area contributed by atoms with Gasteiger partial charge in [-0.2, -0.15) is 0 Å². The molecule has 5 heteroatoms. The second-order valence-electron chi connectivity index (χ2n) is 4.80. The lowest BCUT2D eigenvalue weighted by molar-refractivity contribution is 0.715. The number of hydrogen-bond acceptors (Lipinski definition) is 4. The average molecular weight is 298 g/mol. The Balaban J connectivity index is 2.05. The van der Waals surface area contributed by atoms with E-state index in [2.05, 4.69) is 41.5 Å². The van der Waals surface area contributed by atoms with Gasteiger partial charge in [0.1, 0.15) is 0 Å². The molecule has 0 unspecified atom stereocenters. The number of rotatable bonds is 5. The second kappa shape index (κ2) is 6.20. The van der Waals surface area contributed by atoms with Crippen LogP contribution < -0.4 is 5.32 Å². The number of hydrogen-bond donors (Lipinski definition) is 1. The number of nitrogens with one attached hydrogen (secondary N) is 1. The van der Waals surface area contributed by atoms with Crippen LogP contribution in [0.15, 0.2) is 42.7 Å². The molecule has 0 radical (unpaired) electrons. The lowest BCUT2D eigenvalue weighted by Crippen LogP contribution is -2.12. The Morgan fingerprint density at radius 1 is 1.24 bits per heavy atom. The first-order valence-electron chi connectivity index (χ1n) is 7.03. The molecule has 3 aromatic rings. The molecule has 2 heterocycles. The fraction of sp³-hybridized carbons (Fsp3) is 0.250. The van der Waals surface area contributed by atoms with Crippen molar-refractivity contribution >= 4 is 11.3 Å². The summed E-state index contributed by atoms with van der Waals surface area (Å²) >= 11 is 1.70. The minimum atomic E-state index is 0.779. The zero-order valence-electron chi connectivity index (χ0n) is 12.2. The fourth-order valence-corrected chi connectivity index (χ4v) is 3.32. The molecular formula is C16H18N4S. The number of aromatic nitrogens is 3. The number of benzene rings is 1. The summed E-state index contributed by atoms with van der Waals surface area (Å²) in [6.07, 6.45) is 3.76. The molecule has 1 aromatic carbocycles. The van der Waals surface area contributed by atoms with Gasteiger partial charge in [0.05, 0.1) is 10.6 Å². The van der Waals surface area contributed by atoms with Crippen LogP contribution >= 0.6 is 11.3 Å². The third-order valence-electron chi connectivity index (χ3n) is 3.29. The first kappa shape index (κ1) is 14.0. The van der Waals surface area contributed by atoms with E-state index in [1.54, 1.807) is 11.3 Å². The van der Waals surface area contributed by atoms with Crippen LogP contribution in [0.1, 0.15) is 12.6 Å². The van der Waals surface area contributed by atoms with Crippen LogP contribution in [0, 0.1) is 0 Å². The molecule has 0 saturated heterocycles. The van der Waals surface area contributed by atoms with Crippen molar-refractivity contribution in [2.45, 2.75) is 13.5 Å². The predicted molar refractivity (Wildman–Crippen MR) is 87.1 cm³/mol. The van der Waals surface area contributed by atoms with E-state index < -0.39 is 0 Å².